The van der Waals surface area contributed by atoms with Gasteiger partial charge in [0.25, 0.3) is 5.56 Å². The number of benzene rings is 2. The minimum absolute atomic E-state index is 0.249. The predicted octanol–water partition coefficient (Wildman–Crippen LogP) is 3.68. The number of aromatic nitrogens is 3. The number of nitrogens with zero attached hydrogens (tertiary/aromatic N) is 3. The largest absolute Gasteiger partial charge is 0.493 e. The van der Waals surface area contributed by atoms with Crippen LogP contribution in [-0.4, -0.2) is 28.8 Å². The molecule has 0 aliphatic carbocycles. The molecule has 4 rings (SSSR count). The van der Waals surface area contributed by atoms with Crippen LogP contribution in [0, 0.1) is 13.8 Å². The van der Waals surface area contributed by atoms with E-state index in [0.717, 1.165) is 16.8 Å². The van der Waals surface area contributed by atoms with Gasteiger partial charge in [-0.25, -0.2) is 4.98 Å². The van der Waals surface area contributed by atoms with Gasteiger partial charge >= 0.3 is 0 Å². The summed E-state index contributed by atoms with van der Waals surface area (Å²) in [5, 5.41) is 8.67. The van der Waals surface area contributed by atoms with E-state index in [9.17, 15) is 4.79 Å². The van der Waals surface area contributed by atoms with Crippen molar-refractivity contribution in [3.8, 4) is 11.5 Å². The number of nitrogens with one attached hydrogen (secondary N) is 1. The highest BCUT2D eigenvalue weighted by Crippen LogP contribution is 2.31. The van der Waals surface area contributed by atoms with Crippen LogP contribution >= 0.6 is 11.3 Å². The zero-order valence-electron chi connectivity index (χ0n) is 15.4. The molecular formula is C19H18N4O3S. The molecule has 7 nitrogen and oxygen atoms in total. The number of anilines is 2. The summed E-state index contributed by atoms with van der Waals surface area (Å²) in [5.41, 5.74) is 3.52. The molecule has 0 saturated heterocycles. The molecule has 2 heterocycles. The normalized spacial score (nSPS) is 11.1. The lowest BCUT2D eigenvalue weighted by atomic mass is 10.1. The Morgan fingerprint density at radius 1 is 1.00 bits per heavy atom. The zero-order valence-corrected chi connectivity index (χ0v) is 16.2. The van der Waals surface area contributed by atoms with Gasteiger partial charge in [-0.2, -0.15) is 4.52 Å². The van der Waals surface area contributed by atoms with Crippen molar-refractivity contribution in [2.24, 2.45) is 0 Å². The van der Waals surface area contributed by atoms with E-state index >= 15 is 0 Å². The lowest BCUT2D eigenvalue weighted by Crippen LogP contribution is -2.15. The molecule has 138 valence electrons. The van der Waals surface area contributed by atoms with Gasteiger partial charge in [-0.1, -0.05) is 17.4 Å². The van der Waals surface area contributed by atoms with E-state index in [-0.39, 0.29) is 5.56 Å². The molecule has 0 amide bonds. The van der Waals surface area contributed by atoms with Gasteiger partial charge < -0.3 is 14.8 Å². The molecule has 0 aliphatic heterocycles. The number of ether oxygens (including phenoxy) is 2. The average molecular weight is 382 g/mol. The lowest BCUT2D eigenvalue weighted by molar-refractivity contribution is 0.355. The van der Waals surface area contributed by atoms with E-state index in [4.69, 9.17) is 9.47 Å². The standard InChI is InChI=1S/C19H18N4O3S/c1-10-5-11(2)7-12(6-10)20-18-22-23-17(24)13-8-15(25-3)16(26-4)9-14(13)21-19(23)27-18/h5-9H,1-4H3,(H,20,22). The number of rotatable bonds is 4. The topological polar surface area (TPSA) is 77.8 Å². The van der Waals surface area contributed by atoms with Crippen molar-refractivity contribution in [3.63, 3.8) is 0 Å². The van der Waals surface area contributed by atoms with Crippen molar-refractivity contribution in [3.05, 3.63) is 51.8 Å². The fourth-order valence-electron chi connectivity index (χ4n) is 3.06. The van der Waals surface area contributed by atoms with Crippen LogP contribution in [-0.2, 0) is 0 Å². The van der Waals surface area contributed by atoms with E-state index in [1.165, 1.54) is 23.0 Å². The first-order chi connectivity index (χ1) is 13.0. The van der Waals surface area contributed by atoms with Gasteiger partial charge in [0.2, 0.25) is 10.1 Å². The maximum Gasteiger partial charge on any atom is 0.283 e. The van der Waals surface area contributed by atoms with E-state index in [0.29, 0.717) is 32.5 Å². The number of fused-ring (bicyclic) bond motifs is 2. The highest BCUT2D eigenvalue weighted by atomic mass is 32.1. The van der Waals surface area contributed by atoms with Gasteiger partial charge in [-0.15, -0.1) is 5.10 Å². The molecule has 0 radical (unpaired) electrons. The third-order valence-corrected chi connectivity index (χ3v) is 5.00. The van der Waals surface area contributed by atoms with Gasteiger partial charge in [0.05, 0.1) is 25.1 Å². The third-order valence-electron chi connectivity index (χ3n) is 4.17. The SMILES string of the molecule is COc1cc2nc3sc(Nc4cc(C)cc(C)c4)nn3c(=O)c2cc1OC. The summed E-state index contributed by atoms with van der Waals surface area (Å²) in [6.45, 7) is 4.08. The maximum atomic E-state index is 12.9. The van der Waals surface area contributed by atoms with E-state index in [1.807, 2.05) is 26.0 Å². The van der Waals surface area contributed by atoms with Crippen molar-refractivity contribution < 1.29 is 9.47 Å². The third kappa shape index (κ3) is 3.08. The van der Waals surface area contributed by atoms with Crippen molar-refractivity contribution in [2.45, 2.75) is 13.8 Å². The Balaban J connectivity index is 1.85. The Morgan fingerprint density at radius 3 is 2.33 bits per heavy atom. The van der Waals surface area contributed by atoms with Crippen LogP contribution in [0.2, 0.25) is 0 Å². The molecule has 0 saturated carbocycles. The second kappa shape index (κ2) is 6.55. The van der Waals surface area contributed by atoms with E-state index in [2.05, 4.69) is 21.5 Å². The Morgan fingerprint density at radius 2 is 1.67 bits per heavy atom. The highest BCUT2D eigenvalue weighted by Gasteiger charge is 2.15. The molecule has 0 bridgehead atoms. The van der Waals surface area contributed by atoms with E-state index in [1.54, 1.807) is 19.2 Å². The Labute approximate surface area is 159 Å². The smallest absolute Gasteiger partial charge is 0.283 e. The summed E-state index contributed by atoms with van der Waals surface area (Å²) in [4.78, 5) is 17.9. The molecule has 0 fully saturated rings. The van der Waals surface area contributed by atoms with Crippen LogP contribution in [0.1, 0.15) is 11.1 Å². The van der Waals surface area contributed by atoms with Crippen LogP contribution in [0.4, 0.5) is 10.8 Å². The molecular weight excluding hydrogens is 364 g/mol. The average Bonchev–Trinajstić information content (AvgIpc) is 3.02. The number of hydrogen-bond acceptors (Lipinski definition) is 7. The summed E-state index contributed by atoms with van der Waals surface area (Å²) >= 11 is 1.31. The Bertz CT molecular complexity index is 1210. The maximum absolute atomic E-state index is 12.9. The summed E-state index contributed by atoms with van der Waals surface area (Å²) in [6.07, 6.45) is 0. The predicted molar refractivity (Wildman–Crippen MR) is 107 cm³/mol. The summed E-state index contributed by atoms with van der Waals surface area (Å²) in [5.74, 6) is 1.01. The molecule has 2 aromatic heterocycles. The molecule has 1 N–H and O–H groups in total. The van der Waals surface area contributed by atoms with Gasteiger partial charge in [-0.05, 0) is 43.2 Å². The quantitative estimate of drug-likeness (QED) is 0.580. The summed E-state index contributed by atoms with van der Waals surface area (Å²) < 4.78 is 11.9. The van der Waals surface area contributed by atoms with Crippen LogP contribution in [0.25, 0.3) is 15.9 Å². The first-order valence-electron chi connectivity index (χ1n) is 8.29. The second-order valence-electron chi connectivity index (χ2n) is 6.24. The van der Waals surface area contributed by atoms with Crippen LogP contribution in [0.3, 0.4) is 0 Å². The molecule has 0 aliphatic rings. The highest BCUT2D eigenvalue weighted by molar-refractivity contribution is 7.20. The number of aryl methyl sites for hydroxylation is 2. The molecule has 0 unspecified atom stereocenters. The van der Waals surface area contributed by atoms with Gasteiger partial charge in [0.1, 0.15) is 0 Å². The second-order valence-corrected chi connectivity index (χ2v) is 7.20. The first kappa shape index (κ1) is 17.3. The summed E-state index contributed by atoms with van der Waals surface area (Å²) in [6, 6.07) is 9.49. The fourth-order valence-corrected chi connectivity index (χ4v) is 3.87. The Hall–Kier alpha value is -3.13. The number of hydrogen-bond donors (Lipinski definition) is 1. The molecule has 2 aromatic carbocycles. The fraction of sp³-hybridized carbons (Fsp3) is 0.211. The molecule has 4 aromatic rings. The van der Waals surface area contributed by atoms with Crippen molar-refractivity contribution >= 4 is 38.0 Å². The molecule has 0 atom stereocenters. The number of methoxy groups -OCH3 is 2. The monoisotopic (exact) mass is 382 g/mol. The van der Waals surface area contributed by atoms with Crippen LogP contribution in [0.5, 0.6) is 11.5 Å². The van der Waals surface area contributed by atoms with Crippen LogP contribution in [0.15, 0.2) is 35.1 Å². The first-order valence-corrected chi connectivity index (χ1v) is 9.11. The van der Waals surface area contributed by atoms with E-state index < -0.39 is 0 Å². The van der Waals surface area contributed by atoms with Gasteiger partial charge in [0, 0.05) is 11.8 Å². The summed E-state index contributed by atoms with van der Waals surface area (Å²) in [7, 11) is 3.08. The van der Waals surface area contributed by atoms with Crippen LogP contribution < -0.4 is 20.3 Å². The minimum Gasteiger partial charge on any atom is -0.493 e. The van der Waals surface area contributed by atoms with Gasteiger partial charge in [-0.3, -0.25) is 4.79 Å². The molecule has 8 heteroatoms. The molecule has 27 heavy (non-hydrogen) atoms. The molecule has 0 spiro atoms. The lowest BCUT2D eigenvalue weighted by Gasteiger charge is -2.08. The van der Waals surface area contributed by atoms with Crippen molar-refractivity contribution in [1.82, 2.24) is 14.6 Å². The Kier molecular flexibility index (Phi) is 4.19. The minimum atomic E-state index is -0.249. The van der Waals surface area contributed by atoms with Gasteiger partial charge in [0.15, 0.2) is 11.5 Å². The van der Waals surface area contributed by atoms with Crippen molar-refractivity contribution in [2.75, 3.05) is 19.5 Å². The van der Waals surface area contributed by atoms with Crippen molar-refractivity contribution in [1.29, 1.82) is 0 Å². The zero-order chi connectivity index (χ0) is 19.1.